The van der Waals surface area contributed by atoms with Gasteiger partial charge in [0.05, 0.1) is 41.9 Å². The first-order chi connectivity index (χ1) is 23.2. The van der Waals surface area contributed by atoms with Crippen LogP contribution < -0.4 is 20.3 Å². The first kappa shape index (κ1) is 33.0. The lowest BCUT2D eigenvalue weighted by Crippen LogP contribution is -2.51. The monoisotopic (exact) mass is 675 g/mol. The molecule has 7 rings (SSSR count). The summed E-state index contributed by atoms with van der Waals surface area (Å²) in [6.07, 6.45) is -1.51. The number of hydrogen-bond donors (Lipinski definition) is 2. The minimum atomic E-state index is -0.872. The van der Waals surface area contributed by atoms with E-state index >= 15 is 0 Å². The molecule has 3 atom stereocenters. The van der Waals surface area contributed by atoms with Crippen molar-refractivity contribution in [3.8, 4) is 11.5 Å². The van der Waals surface area contributed by atoms with Crippen molar-refractivity contribution in [2.24, 2.45) is 5.92 Å². The molecule has 260 valence electrons. The average molecular weight is 676 g/mol. The molecule has 0 radical (unpaired) electrons. The van der Waals surface area contributed by atoms with Crippen LogP contribution in [0.1, 0.15) is 71.0 Å². The van der Waals surface area contributed by atoms with Crippen LogP contribution in [0.5, 0.6) is 11.5 Å². The molecule has 0 aliphatic carbocycles. The Hall–Kier alpha value is -4.50. The van der Waals surface area contributed by atoms with Crippen LogP contribution in [-0.4, -0.2) is 88.8 Å². The van der Waals surface area contributed by atoms with Crippen LogP contribution in [0.3, 0.4) is 0 Å². The first-order valence-corrected chi connectivity index (χ1v) is 16.6. The molecule has 14 nitrogen and oxygen atoms in total. The van der Waals surface area contributed by atoms with Gasteiger partial charge in [-0.1, -0.05) is 19.9 Å². The molecular weight excluding hydrogens is 633 g/mol. The second kappa shape index (κ2) is 12.1. The number of methoxy groups -OCH3 is 1. The van der Waals surface area contributed by atoms with Crippen molar-refractivity contribution in [3.05, 3.63) is 47.3 Å². The number of ether oxygens (including phenoxy) is 4. The fraction of sp³-hybridized carbons (Fsp3) is 0.529. The molecule has 15 heteroatoms. The molecule has 0 spiro atoms. The third-order valence-electron chi connectivity index (χ3n) is 10.2. The molecule has 0 bridgehead atoms. The van der Waals surface area contributed by atoms with Crippen LogP contribution in [0, 0.1) is 5.92 Å². The van der Waals surface area contributed by atoms with Gasteiger partial charge in [-0.05, 0) is 74.5 Å². The van der Waals surface area contributed by atoms with E-state index in [2.05, 4.69) is 10.3 Å². The summed E-state index contributed by atoms with van der Waals surface area (Å²) in [4.78, 5) is 51.3. The van der Waals surface area contributed by atoms with E-state index in [-0.39, 0.29) is 25.2 Å². The number of aromatic amines is 1. The van der Waals surface area contributed by atoms with Gasteiger partial charge >= 0.3 is 19.3 Å². The second-order valence-electron chi connectivity index (χ2n) is 14.4. The Bertz CT molecular complexity index is 1760. The Morgan fingerprint density at radius 2 is 1.67 bits per heavy atom. The Morgan fingerprint density at radius 1 is 1.02 bits per heavy atom. The molecule has 4 aliphatic rings. The van der Waals surface area contributed by atoms with Gasteiger partial charge in [0.25, 0.3) is 0 Å². The number of alkyl carbamates (subject to hydrolysis) is 1. The van der Waals surface area contributed by atoms with Crippen molar-refractivity contribution < 1.29 is 42.6 Å². The lowest BCUT2D eigenvalue weighted by atomic mass is 9.79. The highest BCUT2D eigenvalue weighted by Gasteiger charge is 2.52. The number of likely N-dealkylation sites (tertiary alicyclic amines) is 1. The SMILES string of the molecule is COC(=O)NC(C(=O)N1CC(OC(=O)N2Cc3cc4c(cc3C2)OCO4)C[C@H]1c1nc2ccc(B3OC(C)(C)C(C)(C)O3)cc2[nH]1)C(C)C. The average Bonchev–Trinajstić information content (AvgIpc) is 3.87. The smallest absolute Gasteiger partial charge is 0.454 e. The molecule has 3 amide bonds. The molecule has 3 aromatic rings. The second-order valence-corrected chi connectivity index (χ2v) is 14.4. The van der Waals surface area contributed by atoms with Crippen LogP contribution in [-0.2, 0) is 36.7 Å². The van der Waals surface area contributed by atoms with Crippen LogP contribution in [0.4, 0.5) is 9.59 Å². The zero-order valence-electron chi connectivity index (χ0n) is 28.8. The minimum Gasteiger partial charge on any atom is -0.454 e. The summed E-state index contributed by atoms with van der Waals surface area (Å²) >= 11 is 0. The number of amides is 3. The van der Waals surface area contributed by atoms with E-state index in [0.717, 1.165) is 22.1 Å². The van der Waals surface area contributed by atoms with Crippen molar-refractivity contribution in [3.63, 3.8) is 0 Å². The fourth-order valence-corrected chi connectivity index (χ4v) is 6.73. The van der Waals surface area contributed by atoms with E-state index in [1.54, 1.807) is 9.80 Å². The fourth-order valence-electron chi connectivity index (χ4n) is 6.73. The van der Waals surface area contributed by atoms with Gasteiger partial charge in [0.15, 0.2) is 11.5 Å². The zero-order valence-corrected chi connectivity index (χ0v) is 28.8. The minimum absolute atomic E-state index is 0.119. The van der Waals surface area contributed by atoms with E-state index in [1.165, 1.54) is 7.11 Å². The molecule has 2 saturated heterocycles. The summed E-state index contributed by atoms with van der Waals surface area (Å²) < 4.78 is 34.4. The molecule has 5 heterocycles. The maximum absolute atomic E-state index is 14.1. The van der Waals surface area contributed by atoms with Crippen molar-refractivity contribution >= 4 is 41.7 Å². The first-order valence-electron chi connectivity index (χ1n) is 16.6. The Labute approximate surface area is 284 Å². The Morgan fingerprint density at radius 3 is 2.29 bits per heavy atom. The summed E-state index contributed by atoms with van der Waals surface area (Å²) in [6.45, 7) is 12.8. The van der Waals surface area contributed by atoms with Crippen LogP contribution in [0.25, 0.3) is 11.0 Å². The predicted molar refractivity (Wildman–Crippen MR) is 177 cm³/mol. The number of aromatic nitrogens is 2. The number of nitrogens with one attached hydrogen (secondary N) is 2. The van der Waals surface area contributed by atoms with E-state index in [9.17, 15) is 14.4 Å². The number of carbonyl (C=O) groups excluding carboxylic acids is 3. The largest absolute Gasteiger partial charge is 0.494 e. The highest BCUT2D eigenvalue weighted by atomic mass is 16.7. The molecule has 0 saturated carbocycles. The Kier molecular flexibility index (Phi) is 8.17. The highest BCUT2D eigenvalue weighted by molar-refractivity contribution is 6.62. The molecule has 1 aromatic heterocycles. The van der Waals surface area contributed by atoms with Crippen molar-refractivity contribution in [2.45, 2.75) is 90.4 Å². The topological polar surface area (TPSA) is 154 Å². The summed E-state index contributed by atoms with van der Waals surface area (Å²) in [5, 5.41) is 2.68. The van der Waals surface area contributed by atoms with Crippen LogP contribution in [0.15, 0.2) is 30.3 Å². The summed E-state index contributed by atoms with van der Waals surface area (Å²) in [7, 11) is 0.700. The molecule has 2 N–H and O–H groups in total. The number of benzene rings is 2. The van der Waals surface area contributed by atoms with E-state index in [1.807, 2.05) is 71.9 Å². The van der Waals surface area contributed by atoms with Gasteiger partial charge in [0.1, 0.15) is 18.0 Å². The maximum Gasteiger partial charge on any atom is 0.494 e. The highest BCUT2D eigenvalue weighted by Crippen LogP contribution is 2.40. The number of H-pyrrole nitrogens is 1. The Balaban J connectivity index is 1.13. The van der Waals surface area contributed by atoms with Gasteiger partial charge in [0.2, 0.25) is 12.7 Å². The van der Waals surface area contributed by atoms with Gasteiger partial charge in [-0.15, -0.1) is 0 Å². The molecular formula is C34H42BN5O9. The standard InChI is InChI=1S/C34H42BN5O9/c1-18(2)28(38-31(42)44-7)30(41)40-16-22(47-32(43)39-14-19-10-26-27(46-17-45-26)11-20(19)15-39)13-25(40)29-36-23-9-8-21(12-24(23)37-29)35-48-33(3,4)34(5,6)49-35/h8-12,18,22,25,28H,13-17H2,1-7H3,(H,36,37)(H,38,42)/t22?,25-,28?/m0/s1. The molecule has 49 heavy (non-hydrogen) atoms. The number of hydrogen-bond acceptors (Lipinski definition) is 10. The number of imidazole rings is 1. The van der Waals surface area contributed by atoms with Crippen molar-refractivity contribution in [1.29, 1.82) is 0 Å². The van der Waals surface area contributed by atoms with Gasteiger partial charge < -0.3 is 43.5 Å². The van der Waals surface area contributed by atoms with E-state index < -0.39 is 48.7 Å². The molecule has 4 aliphatic heterocycles. The van der Waals surface area contributed by atoms with Gasteiger partial charge in [-0.25, -0.2) is 14.6 Å². The number of nitrogens with zero attached hydrogens (tertiary/aromatic N) is 3. The number of fused-ring (bicyclic) bond motifs is 3. The molecule has 2 unspecified atom stereocenters. The quantitative estimate of drug-likeness (QED) is 0.369. The predicted octanol–water partition coefficient (Wildman–Crippen LogP) is 3.77. The lowest BCUT2D eigenvalue weighted by molar-refractivity contribution is -0.135. The lowest BCUT2D eigenvalue weighted by Gasteiger charge is -2.32. The van der Waals surface area contributed by atoms with E-state index in [4.69, 9.17) is 33.2 Å². The van der Waals surface area contributed by atoms with E-state index in [0.29, 0.717) is 42.4 Å². The third-order valence-corrected chi connectivity index (χ3v) is 10.2. The van der Waals surface area contributed by atoms with Crippen molar-refractivity contribution in [2.75, 3.05) is 20.4 Å². The summed E-state index contributed by atoms with van der Waals surface area (Å²) in [5.41, 5.74) is 3.24. The van der Waals surface area contributed by atoms with Crippen molar-refractivity contribution in [1.82, 2.24) is 25.1 Å². The summed E-state index contributed by atoms with van der Waals surface area (Å²) in [6, 6.07) is 8.12. The molecule has 2 fully saturated rings. The van der Waals surface area contributed by atoms with Crippen LogP contribution in [0.2, 0.25) is 0 Å². The van der Waals surface area contributed by atoms with Crippen LogP contribution >= 0.6 is 0 Å². The maximum atomic E-state index is 14.1. The van der Waals surface area contributed by atoms with Gasteiger partial charge in [-0.2, -0.15) is 0 Å². The van der Waals surface area contributed by atoms with Gasteiger partial charge in [-0.3, -0.25) is 9.69 Å². The molecule has 2 aromatic carbocycles. The van der Waals surface area contributed by atoms with Gasteiger partial charge in [0, 0.05) is 19.5 Å². The summed E-state index contributed by atoms with van der Waals surface area (Å²) in [5.74, 6) is 1.29. The zero-order chi connectivity index (χ0) is 34.8. The number of carbonyl (C=O) groups is 3. The number of rotatable bonds is 6. The normalized spacial score (nSPS) is 22.5. The third kappa shape index (κ3) is 6.03.